The summed E-state index contributed by atoms with van der Waals surface area (Å²) in [6.07, 6.45) is 6.69. The van der Waals surface area contributed by atoms with E-state index < -0.39 is 0 Å². The van der Waals surface area contributed by atoms with E-state index in [1.807, 2.05) is 6.92 Å². The van der Waals surface area contributed by atoms with Gasteiger partial charge in [-0.15, -0.1) is 0 Å². The topological polar surface area (TPSA) is 59.1 Å². The first kappa shape index (κ1) is 13.9. The van der Waals surface area contributed by atoms with Crippen LogP contribution in [0.15, 0.2) is 6.33 Å². The number of ether oxygens (including phenoxy) is 1. The van der Waals surface area contributed by atoms with E-state index in [-0.39, 0.29) is 0 Å². The highest BCUT2D eigenvalue weighted by Crippen LogP contribution is 2.32. The largest absolute Gasteiger partial charge is 0.490 e. The van der Waals surface area contributed by atoms with Gasteiger partial charge in [-0.25, -0.2) is 9.97 Å². The van der Waals surface area contributed by atoms with Crippen LogP contribution in [0.25, 0.3) is 0 Å². The van der Waals surface area contributed by atoms with E-state index in [0.717, 1.165) is 18.2 Å². The Morgan fingerprint density at radius 1 is 1.26 bits per heavy atom. The van der Waals surface area contributed by atoms with Crippen molar-refractivity contribution in [3.63, 3.8) is 0 Å². The van der Waals surface area contributed by atoms with Crippen molar-refractivity contribution in [2.24, 2.45) is 5.92 Å². The number of nitrogens with one attached hydrogen (secondary N) is 2. The fourth-order valence-corrected chi connectivity index (χ4v) is 2.67. The number of anilines is 2. The summed E-state index contributed by atoms with van der Waals surface area (Å²) in [7, 11) is 1.66. The lowest BCUT2D eigenvalue weighted by molar-refractivity contribution is 0.346. The molecule has 1 aromatic rings. The van der Waals surface area contributed by atoms with Gasteiger partial charge >= 0.3 is 0 Å². The minimum atomic E-state index is 0.479. The van der Waals surface area contributed by atoms with E-state index in [9.17, 15) is 0 Å². The van der Waals surface area contributed by atoms with Crippen molar-refractivity contribution < 1.29 is 4.74 Å². The van der Waals surface area contributed by atoms with Gasteiger partial charge in [-0.3, -0.25) is 0 Å². The first-order valence-electron chi connectivity index (χ1n) is 7.15. The highest BCUT2D eigenvalue weighted by Gasteiger charge is 2.23. The van der Waals surface area contributed by atoms with Gasteiger partial charge in [0.05, 0.1) is 7.11 Å². The fourth-order valence-electron chi connectivity index (χ4n) is 2.67. The molecule has 0 aromatic carbocycles. The molecule has 2 unspecified atom stereocenters. The van der Waals surface area contributed by atoms with Gasteiger partial charge in [0.1, 0.15) is 6.33 Å². The molecule has 0 radical (unpaired) electrons. The van der Waals surface area contributed by atoms with Gasteiger partial charge in [0.25, 0.3) is 0 Å². The van der Waals surface area contributed by atoms with E-state index in [4.69, 9.17) is 4.74 Å². The third-order valence-electron chi connectivity index (χ3n) is 3.79. The van der Waals surface area contributed by atoms with Gasteiger partial charge in [0, 0.05) is 12.6 Å². The summed E-state index contributed by atoms with van der Waals surface area (Å²) in [5, 5.41) is 6.73. The summed E-state index contributed by atoms with van der Waals surface area (Å²) in [6.45, 7) is 5.15. The Morgan fingerprint density at radius 2 is 2.00 bits per heavy atom. The number of nitrogens with zero attached hydrogens (tertiary/aromatic N) is 2. The molecule has 0 aliphatic heterocycles. The summed E-state index contributed by atoms with van der Waals surface area (Å²) in [6, 6.07) is 0.479. The summed E-state index contributed by atoms with van der Waals surface area (Å²) >= 11 is 0. The lowest BCUT2D eigenvalue weighted by atomic mass is 9.86. The number of hydrogen-bond acceptors (Lipinski definition) is 5. The van der Waals surface area contributed by atoms with E-state index in [1.165, 1.54) is 25.7 Å². The Hall–Kier alpha value is -1.52. The van der Waals surface area contributed by atoms with E-state index >= 15 is 0 Å². The monoisotopic (exact) mass is 264 g/mol. The Morgan fingerprint density at radius 3 is 2.68 bits per heavy atom. The molecule has 1 aromatic heterocycles. The molecule has 2 rings (SSSR count). The molecule has 106 valence electrons. The Bertz CT molecular complexity index is 410. The van der Waals surface area contributed by atoms with Crippen LogP contribution in [-0.4, -0.2) is 29.7 Å². The van der Waals surface area contributed by atoms with E-state index in [0.29, 0.717) is 17.7 Å². The quantitative estimate of drug-likeness (QED) is 0.856. The van der Waals surface area contributed by atoms with Gasteiger partial charge < -0.3 is 15.4 Å². The molecule has 1 fully saturated rings. The molecular formula is C14H24N4O. The predicted molar refractivity (Wildman–Crippen MR) is 77.8 cm³/mol. The van der Waals surface area contributed by atoms with Crippen molar-refractivity contribution >= 4 is 11.6 Å². The van der Waals surface area contributed by atoms with Crippen LogP contribution in [-0.2, 0) is 0 Å². The normalized spacial score (nSPS) is 22.9. The van der Waals surface area contributed by atoms with Crippen LogP contribution < -0.4 is 15.4 Å². The third-order valence-corrected chi connectivity index (χ3v) is 3.79. The van der Waals surface area contributed by atoms with Crippen LogP contribution in [0.1, 0.15) is 39.5 Å². The first-order valence-corrected chi connectivity index (χ1v) is 7.15. The summed E-state index contributed by atoms with van der Waals surface area (Å²) in [5.74, 6) is 2.94. The summed E-state index contributed by atoms with van der Waals surface area (Å²) in [5.41, 5.74) is 0. The maximum Gasteiger partial charge on any atom is 0.204 e. The lowest BCUT2D eigenvalue weighted by Crippen LogP contribution is -2.31. The van der Waals surface area contributed by atoms with Gasteiger partial charge in [-0.1, -0.05) is 19.8 Å². The molecule has 19 heavy (non-hydrogen) atoms. The highest BCUT2D eigenvalue weighted by molar-refractivity contribution is 5.63. The molecule has 1 heterocycles. The van der Waals surface area contributed by atoms with Crippen LogP contribution in [0.5, 0.6) is 5.75 Å². The van der Waals surface area contributed by atoms with Crippen molar-refractivity contribution in [1.29, 1.82) is 0 Å². The average Bonchev–Trinajstić information content (AvgIpc) is 2.42. The fraction of sp³-hybridized carbons (Fsp3) is 0.714. The predicted octanol–water partition coefficient (Wildman–Crippen LogP) is 2.91. The number of aromatic nitrogens is 2. The zero-order valence-corrected chi connectivity index (χ0v) is 12.1. The van der Waals surface area contributed by atoms with Gasteiger partial charge in [0.15, 0.2) is 11.6 Å². The molecule has 2 N–H and O–H groups in total. The van der Waals surface area contributed by atoms with Crippen LogP contribution >= 0.6 is 0 Å². The second-order valence-corrected chi connectivity index (χ2v) is 5.15. The second-order valence-electron chi connectivity index (χ2n) is 5.15. The van der Waals surface area contributed by atoms with Crippen LogP contribution in [0, 0.1) is 5.92 Å². The molecule has 0 spiro atoms. The molecular weight excluding hydrogens is 240 g/mol. The van der Waals surface area contributed by atoms with Crippen LogP contribution in [0.2, 0.25) is 0 Å². The van der Waals surface area contributed by atoms with E-state index in [1.54, 1.807) is 13.4 Å². The van der Waals surface area contributed by atoms with Crippen molar-refractivity contribution in [3.8, 4) is 5.75 Å². The highest BCUT2D eigenvalue weighted by atomic mass is 16.5. The summed E-state index contributed by atoms with van der Waals surface area (Å²) < 4.78 is 5.46. The molecule has 1 aliphatic carbocycles. The first-order chi connectivity index (χ1) is 9.26. The van der Waals surface area contributed by atoms with Crippen LogP contribution in [0.4, 0.5) is 11.6 Å². The molecule has 1 saturated carbocycles. The standard InChI is InChI=1S/C14H24N4O/c1-4-15-13-12(19-3)14(17-9-16-13)18-11-8-6-5-7-10(11)2/h9-11H,4-8H2,1-3H3,(H2,15,16,17,18). The van der Waals surface area contributed by atoms with Crippen molar-refractivity contribution in [1.82, 2.24) is 9.97 Å². The number of methoxy groups -OCH3 is 1. The zero-order valence-electron chi connectivity index (χ0n) is 12.1. The third kappa shape index (κ3) is 3.28. The SMILES string of the molecule is CCNc1ncnc(NC2CCCCC2C)c1OC. The maximum atomic E-state index is 5.46. The molecule has 2 atom stereocenters. The minimum Gasteiger partial charge on any atom is -0.490 e. The Kier molecular flexibility index (Phi) is 4.82. The van der Waals surface area contributed by atoms with Crippen molar-refractivity contribution in [2.75, 3.05) is 24.3 Å². The number of hydrogen-bond donors (Lipinski definition) is 2. The van der Waals surface area contributed by atoms with Crippen LogP contribution in [0.3, 0.4) is 0 Å². The molecule has 0 bridgehead atoms. The van der Waals surface area contributed by atoms with Crippen molar-refractivity contribution in [3.05, 3.63) is 6.33 Å². The molecule has 1 aliphatic rings. The molecule has 5 heteroatoms. The Balaban J connectivity index is 2.16. The number of rotatable bonds is 5. The van der Waals surface area contributed by atoms with E-state index in [2.05, 4.69) is 27.5 Å². The van der Waals surface area contributed by atoms with Gasteiger partial charge in [0.2, 0.25) is 5.75 Å². The molecule has 0 amide bonds. The minimum absolute atomic E-state index is 0.479. The zero-order chi connectivity index (χ0) is 13.7. The molecule has 5 nitrogen and oxygen atoms in total. The maximum absolute atomic E-state index is 5.46. The summed E-state index contributed by atoms with van der Waals surface area (Å²) in [4.78, 5) is 8.56. The Labute approximate surface area is 115 Å². The lowest BCUT2D eigenvalue weighted by Gasteiger charge is -2.30. The second kappa shape index (κ2) is 6.59. The molecule has 0 saturated heterocycles. The average molecular weight is 264 g/mol. The van der Waals surface area contributed by atoms with Gasteiger partial charge in [-0.2, -0.15) is 0 Å². The van der Waals surface area contributed by atoms with Gasteiger partial charge in [-0.05, 0) is 25.7 Å². The van der Waals surface area contributed by atoms with Crippen molar-refractivity contribution in [2.45, 2.75) is 45.6 Å². The smallest absolute Gasteiger partial charge is 0.204 e.